The molecule has 0 unspecified atom stereocenters. The van der Waals surface area contributed by atoms with Gasteiger partial charge in [-0.15, -0.1) is 0 Å². The Morgan fingerprint density at radius 3 is 2.17 bits per heavy atom. The van der Waals surface area contributed by atoms with Crippen LogP contribution in [0, 0.1) is 0 Å². The highest BCUT2D eigenvalue weighted by Gasteiger charge is 2.46. The molecule has 2 fully saturated rings. The summed E-state index contributed by atoms with van der Waals surface area (Å²) in [5.41, 5.74) is 4.28. The van der Waals surface area contributed by atoms with Crippen molar-refractivity contribution in [3.05, 3.63) is 95.6 Å². The Balaban J connectivity index is 1.04. The molecule has 2 aliphatic heterocycles. The first-order valence-electron chi connectivity index (χ1n) is 14.5. The Hall–Kier alpha value is -4.21. The quantitative estimate of drug-likeness (QED) is 0.377. The lowest BCUT2D eigenvalue weighted by atomic mass is 9.86. The number of carbonyl (C=O) groups excluding carboxylic acids is 2. The third-order valence-electron chi connectivity index (χ3n) is 8.73. The molecule has 0 saturated carbocycles. The van der Waals surface area contributed by atoms with E-state index >= 15 is 0 Å². The number of hydrogen-bond donors (Lipinski definition) is 3. The van der Waals surface area contributed by atoms with Crippen molar-refractivity contribution in [2.75, 3.05) is 26.3 Å². The molecule has 1 aliphatic carbocycles. The Bertz CT molecular complexity index is 1410. The lowest BCUT2D eigenvalue weighted by molar-refractivity contribution is -0.152. The minimum Gasteiger partial charge on any atom is -0.480 e. The molecule has 9 nitrogen and oxygen atoms in total. The van der Waals surface area contributed by atoms with E-state index in [2.05, 4.69) is 39.8 Å². The normalized spacial score (nSPS) is 21.2. The molecule has 218 valence electrons. The van der Waals surface area contributed by atoms with E-state index in [-0.39, 0.29) is 32.0 Å². The molecule has 3 N–H and O–H groups in total. The number of carboxylic acids is 1. The zero-order chi connectivity index (χ0) is 29.1. The van der Waals surface area contributed by atoms with Crippen LogP contribution in [0.1, 0.15) is 41.9 Å². The summed E-state index contributed by atoms with van der Waals surface area (Å²) >= 11 is 0. The summed E-state index contributed by atoms with van der Waals surface area (Å²) in [5, 5.41) is 15.7. The average Bonchev–Trinajstić information content (AvgIpc) is 3.60. The van der Waals surface area contributed by atoms with Crippen molar-refractivity contribution >= 4 is 18.0 Å². The van der Waals surface area contributed by atoms with Crippen LogP contribution in [0.2, 0.25) is 0 Å². The first-order chi connectivity index (χ1) is 20.4. The van der Waals surface area contributed by atoms with Crippen LogP contribution in [0.5, 0.6) is 0 Å². The molecule has 2 amide bonds. The van der Waals surface area contributed by atoms with Gasteiger partial charge in [-0.2, -0.15) is 0 Å². The monoisotopic (exact) mass is 569 g/mol. The van der Waals surface area contributed by atoms with Crippen LogP contribution in [0.3, 0.4) is 0 Å². The van der Waals surface area contributed by atoms with Crippen molar-refractivity contribution in [1.82, 2.24) is 15.5 Å². The lowest BCUT2D eigenvalue weighted by Crippen LogP contribution is -2.63. The summed E-state index contributed by atoms with van der Waals surface area (Å²) in [6.45, 7) is 2.23. The van der Waals surface area contributed by atoms with E-state index in [9.17, 15) is 19.5 Å². The Morgan fingerprint density at radius 1 is 0.905 bits per heavy atom. The summed E-state index contributed by atoms with van der Waals surface area (Å²) < 4.78 is 11.3. The summed E-state index contributed by atoms with van der Waals surface area (Å²) in [7, 11) is 0. The number of hydrogen-bond acceptors (Lipinski definition) is 6. The van der Waals surface area contributed by atoms with E-state index in [0.29, 0.717) is 19.5 Å². The van der Waals surface area contributed by atoms with Crippen molar-refractivity contribution in [3.63, 3.8) is 0 Å². The fraction of sp³-hybridized carbons (Fsp3) is 0.364. The van der Waals surface area contributed by atoms with Gasteiger partial charge >= 0.3 is 12.1 Å². The molecule has 2 atom stereocenters. The predicted octanol–water partition coefficient (Wildman–Crippen LogP) is 3.92. The molecule has 42 heavy (non-hydrogen) atoms. The van der Waals surface area contributed by atoms with E-state index < -0.39 is 35.7 Å². The van der Waals surface area contributed by atoms with Crippen molar-refractivity contribution in [2.45, 2.75) is 49.4 Å². The van der Waals surface area contributed by atoms with Crippen LogP contribution >= 0.6 is 0 Å². The number of likely N-dealkylation sites (tertiary alicyclic amines) is 1. The fourth-order valence-corrected chi connectivity index (χ4v) is 6.42. The van der Waals surface area contributed by atoms with Gasteiger partial charge in [0.15, 0.2) is 6.10 Å². The van der Waals surface area contributed by atoms with Gasteiger partial charge in [-0.3, -0.25) is 9.69 Å². The van der Waals surface area contributed by atoms with Crippen LogP contribution in [-0.4, -0.2) is 72.0 Å². The van der Waals surface area contributed by atoms with E-state index in [1.165, 1.54) is 0 Å². The third kappa shape index (κ3) is 5.62. The first kappa shape index (κ1) is 27.9. The number of carboxylic acid groups (broad SMARTS) is 1. The number of carbonyl (C=O) groups is 3. The molecule has 6 rings (SSSR count). The number of nitrogens with one attached hydrogen (secondary N) is 2. The van der Waals surface area contributed by atoms with E-state index in [4.69, 9.17) is 9.47 Å². The topological polar surface area (TPSA) is 117 Å². The smallest absolute Gasteiger partial charge is 0.407 e. The molecular weight excluding hydrogens is 534 g/mol. The van der Waals surface area contributed by atoms with Gasteiger partial charge in [0.25, 0.3) is 5.91 Å². The number of rotatable bonds is 8. The largest absolute Gasteiger partial charge is 0.480 e. The number of ether oxygens (including phenoxy) is 2. The zero-order valence-electron chi connectivity index (χ0n) is 23.3. The van der Waals surface area contributed by atoms with Crippen LogP contribution in [0.15, 0.2) is 78.9 Å². The number of nitrogens with zero attached hydrogens (tertiary/aromatic N) is 1. The molecule has 0 radical (unpaired) electrons. The lowest BCUT2D eigenvalue weighted by Gasteiger charge is -2.40. The number of aliphatic carboxylic acids is 1. The van der Waals surface area contributed by atoms with Crippen molar-refractivity contribution in [2.24, 2.45) is 0 Å². The number of alkyl carbamates (subject to hydrolysis) is 1. The average molecular weight is 570 g/mol. The van der Waals surface area contributed by atoms with Gasteiger partial charge in [-0.1, -0.05) is 78.9 Å². The van der Waals surface area contributed by atoms with Crippen LogP contribution in [0.25, 0.3) is 11.1 Å². The van der Waals surface area contributed by atoms with Gasteiger partial charge in [0, 0.05) is 32.2 Å². The number of benzene rings is 3. The van der Waals surface area contributed by atoms with Crippen LogP contribution in [0.4, 0.5) is 4.79 Å². The summed E-state index contributed by atoms with van der Waals surface area (Å²) in [6, 6.07) is 25.6. The van der Waals surface area contributed by atoms with Crippen LogP contribution in [-0.2, 0) is 25.6 Å². The predicted molar refractivity (Wildman–Crippen MR) is 156 cm³/mol. The molecular formula is C33H35N3O6. The van der Waals surface area contributed by atoms with E-state index in [1.54, 1.807) is 0 Å². The number of amides is 2. The van der Waals surface area contributed by atoms with Crippen molar-refractivity contribution in [1.29, 1.82) is 0 Å². The van der Waals surface area contributed by atoms with Gasteiger partial charge in [0.2, 0.25) is 0 Å². The maximum absolute atomic E-state index is 13.3. The molecule has 2 saturated heterocycles. The van der Waals surface area contributed by atoms with Crippen molar-refractivity contribution in [3.8, 4) is 11.1 Å². The Morgan fingerprint density at radius 2 is 1.52 bits per heavy atom. The molecule has 3 aliphatic rings. The van der Waals surface area contributed by atoms with Crippen molar-refractivity contribution < 1.29 is 29.0 Å². The molecule has 9 heteroatoms. The Labute approximate surface area is 244 Å². The molecule has 2 heterocycles. The minimum absolute atomic E-state index is 0.0785. The third-order valence-corrected chi connectivity index (χ3v) is 8.73. The van der Waals surface area contributed by atoms with Gasteiger partial charge in [0.1, 0.15) is 12.1 Å². The maximum atomic E-state index is 13.3. The molecule has 0 aromatic heterocycles. The van der Waals surface area contributed by atoms with E-state index in [0.717, 1.165) is 34.4 Å². The summed E-state index contributed by atoms with van der Waals surface area (Å²) in [6.07, 6.45) is -0.653. The SMILES string of the molecule is O=C(N[C@H]1CCO[C@H]1C(=O)NC1(C(=O)O)CCN(Cc2ccccc2)CC1)OCC1c2ccccc2-c2ccccc21. The standard InChI is InChI=1S/C33H35N3O6/c37-30(35-33(31(38)39)15-17-36(18-16-33)20-22-8-2-1-3-9-22)29-28(14-19-41-29)34-32(40)42-21-27-25-12-6-4-10-23(25)24-11-5-7-13-26(24)27/h1-13,27-29H,14-21H2,(H,34,40)(H,35,37)(H,38,39)/t28-,29+/m0/s1. The first-order valence-corrected chi connectivity index (χ1v) is 14.5. The Kier molecular flexibility index (Phi) is 7.95. The molecule has 0 bridgehead atoms. The number of fused-ring (bicyclic) bond motifs is 3. The molecule has 3 aromatic rings. The fourth-order valence-electron chi connectivity index (χ4n) is 6.42. The molecule has 3 aromatic carbocycles. The minimum atomic E-state index is -1.38. The molecule has 0 spiro atoms. The summed E-state index contributed by atoms with van der Waals surface area (Å²) in [5.74, 6) is -1.67. The highest BCUT2D eigenvalue weighted by molar-refractivity contribution is 5.90. The highest BCUT2D eigenvalue weighted by atomic mass is 16.6. The second kappa shape index (κ2) is 12.0. The van der Waals surface area contributed by atoms with Gasteiger partial charge < -0.3 is 25.2 Å². The number of piperidine rings is 1. The highest BCUT2D eigenvalue weighted by Crippen LogP contribution is 2.44. The van der Waals surface area contributed by atoms with E-state index in [1.807, 2.05) is 54.6 Å². The second-order valence-corrected chi connectivity index (χ2v) is 11.3. The maximum Gasteiger partial charge on any atom is 0.407 e. The summed E-state index contributed by atoms with van der Waals surface area (Å²) in [4.78, 5) is 40.8. The zero-order valence-corrected chi connectivity index (χ0v) is 23.3. The van der Waals surface area contributed by atoms with Gasteiger partial charge in [0.05, 0.1) is 6.04 Å². The second-order valence-electron chi connectivity index (χ2n) is 11.3. The van der Waals surface area contributed by atoms with Gasteiger partial charge in [-0.05, 0) is 47.1 Å². The van der Waals surface area contributed by atoms with Crippen LogP contribution < -0.4 is 10.6 Å². The van der Waals surface area contributed by atoms with Gasteiger partial charge in [-0.25, -0.2) is 9.59 Å².